The maximum atomic E-state index is 12.5. The molecule has 0 aliphatic carbocycles. The van der Waals surface area contributed by atoms with Crippen molar-refractivity contribution in [3.05, 3.63) is 52.0 Å². The van der Waals surface area contributed by atoms with Gasteiger partial charge in [0.1, 0.15) is 5.78 Å². The second-order valence-electron chi connectivity index (χ2n) is 7.68. The van der Waals surface area contributed by atoms with Crippen LogP contribution in [-0.4, -0.2) is 55.8 Å². The van der Waals surface area contributed by atoms with Crippen LogP contribution in [0.2, 0.25) is 10.0 Å². The van der Waals surface area contributed by atoms with Gasteiger partial charge in [-0.3, -0.25) is 19.3 Å². The van der Waals surface area contributed by atoms with Crippen LogP contribution in [0.1, 0.15) is 18.4 Å². The average molecular weight is 494 g/mol. The molecule has 8 nitrogen and oxygen atoms in total. The lowest BCUT2D eigenvalue weighted by atomic mass is 10.1. The Balaban J connectivity index is 1.54. The minimum atomic E-state index is -0.350. The molecule has 0 aromatic heterocycles. The molecule has 176 valence electrons. The first-order valence-electron chi connectivity index (χ1n) is 10.3. The molecule has 0 bridgehead atoms. The van der Waals surface area contributed by atoms with E-state index in [0.29, 0.717) is 33.8 Å². The lowest BCUT2D eigenvalue weighted by Crippen LogP contribution is -2.39. The summed E-state index contributed by atoms with van der Waals surface area (Å²) in [4.78, 5) is 38.7. The van der Waals surface area contributed by atoms with E-state index in [1.807, 2.05) is 6.07 Å². The number of likely N-dealkylation sites (tertiary alicyclic amines) is 1. The fourth-order valence-electron chi connectivity index (χ4n) is 3.69. The zero-order valence-corrected chi connectivity index (χ0v) is 19.8. The minimum Gasteiger partial charge on any atom is -0.493 e. The van der Waals surface area contributed by atoms with Crippen LogP contribution in [0.25, 0.3) is 0 Å². The molecule has 2 N–H and O–H groups in total. The largest absolute Gasteiger partial charge is 0.493 e. The molecular formula is C23H25Cl2N3O5. The summed E-state index contributed by atoms with van der Waals surface area (Å²) in [7, 11) is 3.10. The molecule has 0 saturated carbocycles. The predicted octanol–water partition coefficient (Wildman–Crippen LogP) is 3.30. The summed E-state index contributed by atoms with van der Waals surface area (Å²) < 4.78 is 10.5. The zero-order chi connectivity index (χ0) is 24.0. The highest BCUT2D eigenvalue weighted by atomic mass is 35.5. The lowest BCUT2D eigenvalue weighted by Gasteiger charge is -2.22. The Kier molecular flexibility index (Phi) is 8.55. The Hall–Kier alpha value is -2.81. The summed E-state index contributed by atoms with van der Waals surface area (Å²) >= 11 is 11.9. The van der Waals surface area contributed by atoms with Crippen LogP contribution < -0.4 is 20.1 Å². The van der Waals surface area contributed by atoms with E-state index in [-0.39, 0.29) is 49.6 Å². The smallest absolute Gasteiger partial charge is 0.238 e. The first-order valence-corrected chi connectivity index (χ1v) is 11.0. The van der Waals surface area contributed by atoms with Crippen molar-refractivity contribution in [1.82, 2.24) is 10.2 Å². The van der Waals surface area contributed by atoms with Gasteiger partial charge in [0.15, 0.2) is 11.5 Å². The quantitative estimate of drug-likeness (QED) is 0.556. The summed E-state index contributed by atoms with van der Waals surface area (Å²) in [5.74, 6) is 0.636. The molecule has 0 unspecified atom stereocenters. The molecule has 33 heavy (non-hydrogen) atoms. The van der Waals surface area contributed by atoms with E-state index in [1.165, 1.54) is 0 Å². The number of ketones is 1. The second-order valence-corrected chi connectivity index (χ2v) is 8.55. The fourth-order valence-corrected chi connectivity index (χ4v) is 4.21. The first-order chi connectivity index (χ1) is 15.8. The minimum absolute atomic E-state index is 0.00806. The number of halogens is 2. The molecule has 3 rings (SSSR count). The third-order valence-electron chi connectivity index (χ3n) is 5.21. The van der Waals surface area contributed by atoms with Crippen molar-refractivity contribution in [2.75, 3.05) is 32.6 Å². The van der Waals surface area contributed by atoms with E-state index >= 15 is 0 Å². The standard InChI is InChI=1S/C23H25Cl2N3O5/c1-32-20-4-3-14(5-21(20)33-2)11-26-22(30)10-18-9-19(29)12-28(18)13-23(31)27-17-7-15(24)6-16(25)8-17/h3-8,18H,9-13H2,1-2H3,(H,26,30)(H,27,31)/t18-/m0/s1. The molecule has 1 saturated heterocycles. The number of nitrogens with one attached hydrogen (secondary N) is 2. The number of benzene rings is 2. The molecule has 2 aromatic carbocycles. The normalized spacial score (nSPS) is 15.9. The SMILES string of the molecule is COc1ccc(CNC(=O)C[C@@H]2CC(=O)CN2CC(=O)Nc2cc(Cl)cc(Cl)c2)cc1OC. The number of Topliss-reactive ketones (excluding diaryl/α,β-unsaturated/α-hetero) is 1. The Morgan fingerprint density at radius 1 is 1.03 bits per heavy atom. The Morgan fingerprint density at radius 2 is 1.73 bits per heavy atom. The van der Waals surface area contributed by atoms with E-state index in [0.717, 1.165) is 5.56 Å². The van der Waals surface area contributed by atoms with Crippen LogP contribution in [0.15, 0.2) is 36.4 Å². The van der Waals surface area contributed by atoms with Crippen molar-refractivity contribution < 1.29 is 23.9 Å². The topological polar surface area (TPSA) is 97.0 Å². The molecule has 10 heteroatoms. The van der Waals surface area contributed by atoms with Crippen LogP contribution >= 0.6 is 23.2 Å². The second kappa shape index (κ2) is 11.4. The van der Waals surface area contributed by atoms with Crippen molar-refractivity contribution >= 4 is 46.5 Å². The fraction of sp³-hybridized carbons (Fsp3) is 0.348. The van der Waals surface area contributed by atoms with Gasteiger partial charge >= 0.3 is 0 Å². The van der Waals surface area contributed by atoms with Gasteiger partial charge in [0, 0.05) is 41.2 Å². The Labute approximate surface area is 202 Å². The van der Waals surface area contributed by atoms with Gasteiger partial charge in [-0.2, -0.15) is 0 Å². The summed E-state index contributed by atoms with van der Waals surface area (Å²) in [5, 5.41) is 6.38. The van der Waals surface area contributed by atoms with Crippen LogP contribution in [0.3, 0.4) is 0 Å². The molecule has 0 spiro atoms. The number of nitrogens with zero attached hydrogens (tertiary/aromatic N) is 1. The average Bonchev–Trinajstić information content (AvgIpc) is 3.09. The Morgan fingerprint density at radius 3 is 2.39 bits per heavy atom. The van der Waals surface area contributed by atoms with Gasteiger partial charge in [-0.15, -0.1) is 0 Å². The third-order valence-corrected chi connectivity index (χ3v) is 5.65. The highest BCUT2D eigenvalue weighted by Gasteiger charge is 2.33. The van der Waals surface area contributed by atoms with Gasteiger partial charge in [-0.1, -0.05) is 29.3 Å². The number of carbonyl (C=O) groups is 3. The number of hydrogen-bond donors (Lipinski definition) is 2. The van der Waals surface area contributed by atoms with Gasteiger partial charge in [-0.25, -0.2) is 0 Å². The lowest BCUT2D eigenvalue weighted by molar-refractivity contribution is -0.123. The number of ether oxygens (including phenoxy) is 2. The highest BCUT2D eigenvalue weighted by molar-refractivity contribution is 6.35. The summed E-state index contributed by atoms with van der Waals surface area (Å²) in [6, 6.07) is 9.77. The molecule has 1 atom stereocenters. The van der Waals surface area contributed by atoms with Gasteiger partial charge in [0.05, 0.1) is 27.3 Å². The molecule has 0 radical (unpaired) electrons. The number of anilines is 1. The molecular weight excluding hydrogens is 469 g/mol. The predicted molar refractivity (Wildman–Crippen MR) is 126 cm³/mol. The number of hydrogen-bond acceptors (Lipinski definition) is 6. The van der Waals surface area contributed by atoms with Crippen molar-refractivity contribution in [2.45, 2.75) is 25.4 Å². The van der Waals surface area contributed by atoms with Crippen LogP contribution in [0.4, 0.5) is 5.69 Å². The maximum Gasteiger partial charge on any atom is 0.238 e. The molecule has 1 aliphatic heterocycles. The van der Waals surface area contributed by atoms with Gasteiger partial charge in [0.25, 0.3) is 0 Å². The monoisotopic (exact) mass is 493 g/mol. The van der Waals surface area contributed by atoms with E-state index < -0.39 is 0 Å². The Bertz CT molecular complexity index is 1030. The number of carbonyl (C=O) groups excluding carboxylic acids is 3. The summed E-state index contributed by atoms with van der Waals surface area (Å²) in [5.41, 5.74) is 1.31. The van der Waals surface area contributed by atoms with E-state index in [9.17, 15) is 14.4 Å². The molecule has 2 amide bonds. The van der Waals surface area contributed by atoms with Crippen LogP contribution in [-0.2, 0) is 20.9 Å². The van der Waals surface area contributed by atoms with Gasteiger partial charge in [0.2, 0.25) is 11.8 Å². The van der Waals surface area contributed by atoms with Gasteiger partial charge in [-0.05, 0) is 35.9 Å². The number of rotatable bonds is 9. The van der Waals surface area contributed by atoms with E-state index in [4.69, 9.17) is 32.7 Å². The zero-order valence-electron chi connectivity index (χ0n) is 18.3. The summed E-state index contributed by atoms with van der Waals surface area (Å²) in [6.07, 6.45) is 0.329. The number of amides is 2. The molecule has 1 aliphatic rings. The summed E-state index contributed by atoms with van der Waals surface area (Å²) in [6.45, 7) is 0.400. The molecule has 1 fully saturated rings. The van der Waals surface area contributed by atoms with E-state index in [2.05, 4.69) is 10.6 Å². The van der Waals surface area contributed by atoms with Crippen LogP contribution in [0.5, 0.6) is 11.5 Å². The van der Waals surface area contributed by atoms with E-state index in [1.54, 1.807) is 49.5 Å². The molecule has 2 aromatic rings. The van der Waals surface area contributed by atoms with Crippen LogP contribution in [0, 0.1) is 0 Å². The first kappa shape index (κ1) is 24.8. The van der Waals surface area contributed by atoms with Crippen molar-refractivity contribution in [3.8, 4) is 11.5 Å². The maximum absolute atomic E-state index is 12.5. The number of methoxy groups -OCH3 is 2. The third kappa shape index (κ3) is 7.08. The van der Waals surface area contributed by atoms with Gasteiger partial charge < -0.3 is 20.1 Å². The van der Waals surface area contributed by atoms with Crippen molar-refractivity contribution in [2.24, 2.45) is 0 Å². The van der Waals surface area contributed by atoms with Crippen molar-refractivity contribution in [1.29, 1.82) is 0 Å². The molecule has 1 heterocycles. The van der Waals surface area contributed by atoms with Crippen molar-refractivity contribution in [3.63, 3.8) is 0 Å². The highest BCUT2D eigenvalue weighted by Crippen LogP contribution is 2.27.